The van der Waals surface area contributed by atoms with E-state index in [1.807, 2.05) is 6.07 Å². The van der Waals surface area contributed by atoms with Crippen molar-refractivity contribution in [2.75, 3.05) is 27.3 Å². The van der Waals surface area contributed by atoms with Crippen LogP contribution in [0.5, 0.6) is 11.5 Å². The van der Waals surface area contributed by atoms with E-state index in [-0.39, 0.29) is 11.6 Å². The summed E-state index contributed by atoms with van der Waals surface area (Å²) in [5, 5.41) is 3.84. The van der Waals surface area contributed by atoms with E-state index in [1.54, 1.807) is 14.2 Å². The highest BCUT2D eigenvalue weighted by atomic mass is 16.5. The van der Waals surface area contributed by atoms with E-state index < -0.39 is 0 Å². The van der Waals surface area contributed by atoms with Crippen molar-refractivity contribution in [2.24, 2.45) is 5.92 Å². The van der Waals surface area contributed by atoms with Crippen LogP contribution in [0.2, 0.25) is 0 Å². The Morgan fingerprint density at radius 1 is 1.04 bits per heavy atom. The molecule has 1 saturated carbocycles. The summed E-state index contributed by atoms with van der Waals surface area (Å²) in [6, 6.07) is 17.1. The highest BCUT2D eigenvalue weighted by molar-refractivity contribution is 5.35. The zero-order valence-corrected chi connectivity index (χ0v) is 15.4. The Balaban J connectivity index is 1.43. The van der Waals surface area contributed by atoms with Gasteiger partial charge in [0.15, 0.2) is 0 Å². The number of hydrogen-bond acceptors (Lipinski definition) is 5. The van der Waals surface area contributed by atoms with Gasteiger partial charge in [0.05, 0.1) is 20.3 Å². The minimum atomic E-state index is 0.133. The van der Waals surface area contributed by atoms with Gasteiger partial charge in [-0.15, -0.1) is 0 Å². The Kier molecular flexibility index (Phi) is 4.85. The molecule has 2 unspecified atom stereocenters. The molecular weight excluding hydrogens is 326 g/mol. The summed E-state index contributed by atoms with van der Waals surface area (Å²) < 4.78 is 10.7. The third-order valence-corrected chi connectivity index (χ3v) is 5.64. The van der Waals surface area contributed by atoms with E-state index in [1.165, 1.54) is 24.0 Å². The van der Waals surface area contributed by atoms with Crippen LogP contribution in [0.3, 0.4) is 0 Å². The number of hydrogen-bond donors (Lipinski definition) is 3. The van der Waals surface area contributed by atoms with E-state index in [2.05, 4.69) is 58.6 Å². The second kappa shape index (κ2) is 7.27. The van der Waals surface area contributed by atoms with Crippen molar-refractivity contribution in [3.05, 3.63) is 59.7 Å². The fourth-order valence-corrected chi connectivity index (χ4v) is 3.85. The summed E-state index contributed by atoms with van der Waals surface area (Å²) in [6.45, 7) is 1.92. The zero-order valence-electron chi connectivity index (χ0n) is 15.4. The molecule has 26 heavy (non-hydrogen) atoms. The SMILES string of the molecule is COc1ccc(C2(NCC3CNNC3c3cccc(OC)c3)CC2)cc1. The third kappa shape index (κ3) is 3.43. The molecule has 3 N–H and O–H groups in total. The second-order valence-corrected chi connectivity index (χ2v) is 7.23. The van der Waals surface area contributed by atoms with Gasteiger partial charge >= 0.3 is 0 Å². The molecular formula is C21H27N3O2. The van der Waals surface area contributed by atoms with Gasteiger partial charge in [0.25, 0.3) is 0 Å². The first kappa shape index (κ1) is 17.3. The van der Waals surface area contributed by atoms with Crippen LogP contribution >= 0.6 is 0 Å². The first-order valence-corrected chi connectivity index (χ1v) is 9.26. The minimum absolute atomic E-state index is 0.133. The van der Waals surface area contributed by atoms with Crippen LogP contribution in [0.4, 0.5) is 0 Å². The summed E-state index contributed by atoms with van der Waals surface area (Å²) >= 11 is 0. The molecule has 138 valence electrons. The monoisotopic (exact) mass is 353 g/mol. The Morgan fingerprint density at radius 3 is 2.50 bits per heavy atom. The number of methoxy groups -OCH3 is 2. The smallest absolute Gasteiger partial charge is 0.119 e. The molecule has 2 aromatic rings. The van der Waals surface area contributed by atoms with Crippen molar-refractivity contribution >= 4 is 0 Å². The Hall–Kier alpha value is -2.08. The number of rotatable bonds is 7. The highest BCUT2D eigenvalue weighted by Crippen LogP contribution is 2.46. The van der Waals surface area contributed by atoms with Crippen LogP contribution in [0.15, 0.2) is 48.5 Å². The molecule has 2 atom stereocenters. The predicted octanol–water partition coefficient (Wildman–Crippen LogP) is 2.75. The van der Waals surface area contributed by atoms with Crippen LogP contribution in [0.25, 0.3) is 0 Å². The maximum atomic E-state index is 5.38. The third-order valence-electron chi connectivity index (χ3n) is 5.64. The Morgan fingerprint density at radius 2 is 1.81 bits per heavy atom. The van der Waals surface area contributed by atoms with E-state index in [9.17, 15) is 0 Å². The van der Waals surface area contributed by atoms with Gasteiger partial charge in [0.1, 0.15) is 11.5 Å². The molecule has 2 aliphatic rings. The molecule has 2 aromatic carbocycles. The van der Waals surface area contributed by atoms with Crippen LogP contribution in [-0.4, -0.2) is 27.3 Å². The standard InChI is InChI=1S/C21H27N3O2/c1-25-18-8-6-17(7-9-18)21(10-11-21)22-13-16-14-23-24-20(16)15-4-3-5-19(12-15)26-2/h3-9,12,16,20,22-24H,10-11,13-14H2,1-2H3. The quantitative estimate of drug-likeness (QED) is 0.715. The molecule has 1 saturated heterocycles. The molecule has 0 aromatic heterocycles. The maximum absolute atomic E-state index is 5.38. The lowest BCUT2D eigenvalue weighted by Crippen LogP contribution is -2.36. The Bertz CT molecular complexity index is 743. The van der Waals surface area contributed by atoms with Gasteiger partial charge in [0, 0.05) is 24.5 Å². The Labute approximate surface area is 155 Å². The molecule has 0 bridgehead atoms. The number of benzene rings is 2. The van der Waals surface area contributed by atoms with Crippen LogP contribution in [-0.2, 0) is 5.54 Å². The molecule has 2 fully saturated rings. The summed E-state index contributed by atoms with van der Waals surface area (Å²) in [5.41, 5.74) is 9.50. The van der Waals surface area contributed by atoms with E-state index in [4.69, 9.17) is 9.47 Å². The summed E-state index contributed by atoms with van der Waals surface area (Å²) in [5.74, 6) is 2.30. The first-order chi connectivity index (χ1) is 12.7. The van der Waals surface area contributed by atoms with Crippen molar-refractivity contribution < 1.29 is 9.47 Å². The van der Waals surface area contributed by atoms with Crippen molar-refractivity contribution in [2.45, 2.75) is 24.4 Å². The fourth-order valence-electron chi connectivity index (χ4n) is 3.85. The van der Waals surface area contributed by atoms with Crippen molar-refractivity contribution in [1.82, 2.24) is 16.2 Å². The van der Waals surface area contributed by atoms with Crippen LogP contribution in [0.1, 0.15) is 30.0 Å². The number of hydrazine groups is 1. The van der Waals surface area contributed by atoms with Gasteiger partial charge in [-0.05, 0) is 48.2 Å². The van der Waals surface area contributed by atoms with Gasteiger partial charge in [-0.3, -0.25) is 5.43 Å². The topological polar surface area (TPSA) is 54.5 Å². The van der Waals surface area contributed by atoms with E-state index in [0.717, 1.165) is 24.6 Å². The summed E-state index contributed by atoms with van der Waals surface area (Å²) in [6.07, 6.45) is 2.38. The molecule has 4 rings (SSSR count). The van der Waals surface area contributed by atoms with E-state index in [0.29, 0.717) is 5.92 Å². The van der Waals surface area contributed by atoms with Crippen molar-refractivity contribution in [1.29, 1.82) is 0 Å². The minimum Gasteiger partial charge on any atom is -0.497 e. The largest absolute Gasteiger partial charge is 0.497 e. The number of nitrogens with one attached hydrogen (secondary N) is 3. The van der Waals surface area contributed by atoms with Gasteiger partial charge in [-0.1, -0.05) is 24.3 Å². The molecule has 1 heterocycles. The van der Waals surface area contributed by atoms with Crippen LogP contribution in [0, 0.1) is 5.92 Å². The molecule has 5 heteroatoms. The molecule has 0 radical (unpaired) electrons. The highest BCUT2D eigenvalue weighted by Gasteiger charge is 2.44. The molecule has 0 amide bonds. The van der Waals surface area contributed by atoms with Gasteiger partial charge in [-0.25, -0.2) is 5.43 Å². The average molecular weight is 353 g/mol. The molecule has 1 aliphatic heterocycles. The molecule has 5 nitrogen and oxygen atoms in total. The lowest BCUT2D eigenvalue weighted by atomic mass is 9.94. The molecule has 0 spiro atoms. The average Bonchev–Trinajstić information content (AvgIpc) is 3.35. The van der Waals surface area contributed by atoms with Crippen LogP contribution < -0.4 is 25.6 Å². The first-order valence-electron chi connectivity index (χ1n) is 9.26. The van der Waals surface area contributed by atoms with Gasteiger partial charge in [-0.2, -0.15) is 0 Å². The lowest BCUT2D eigenvalue weighted by Gasteiger charge is -2.24. The van der Waals surface area contributed by atoms with Gasteiger partial charge in [0.2, 0.25) is 0 Å². The fraction of sp³-hybridized carbons (Fsp3) is 0.429. The summed E-state index contributed by atoms with van der Waals surface area (Å²) in [4.78, 5) is 0. The number of ether oxygens (including phenoxy) is 2. The maximum Gasteiger partial charge on any atom is 0.119 e. The summed E-state index contributed by atoms with van der Waals surface area (Å²) in [7, 11) is 3.42. The van der Waals surface area contributed by atoms with E-state index >= 15 is 0 Å². The predicted molar refractivity (Wildman–Crippen MR) is 102 cm³/mol. The normalized spacial score (nSPS) is 23.6. The zero-order chi connectivity index (χ0) is 18.0. The molecule has 1 aliphatic carbocycles. The lowest BCUT2D eigenvalue weighted by molar-refractivity contribution is 0.393. The second-order valence-electron chi connectivity index (χ2n) is 7.23. The van der Waals surface area contributed by atoms with Crippen molar-refractivity contribution in [3.63, 3.8) is 0 Å². The van der Waals surface area contributed by atoms with Crippen molar-refractivity contribution in [3.8, 4) is 11.5 Å². The van der Waals surface area contributed by atoms with Gasteiger partial charge < -0.3 is 14.8 Å².